The maximum atomic E-state index is 11.9. The summed E-state index contributed by atoms with van der Waals surface area (Å²) in [6, 6.07) is 8.55. The Balaban J connectivity index is 2.42. The van der Waals surface area contributed by atoms with Gasteiger partial charge in [0.2, 0.25) is 5.78 Å². The van der Waals surface area contributed by atoms with Crippen LogP contribution in [0.15, 0.2) is 35.7 Å². The van der Waals surface area contributed by atoms with Crippen molar-refractivity contribution < 1.29 is 4.79 Å². The fourth-order valence-electron chi connectivity index (χ4n) is 1.33. The van der Waals surface area contributed by atoms with Crippen molar-refractivity contribution in [2.24, 2.45) is 0 Å². The summed E-state index contributed by atoms with van der Waals surface area (Å²) < 4.78 is 0. The molecule has 2 rings (SSSR count). The molecule has 4 N–H and O–H groups in total. The zero-order valence-corrected chi connectivity index (χ0v) is 8.75. The van der Waals surface area contributed by atoms with Gasteiger partial charge in [0.1, 0.15) is 0 Å². The average molecular weight is 218 g/mol. The number of nitrogen functional groups attached to an aromatic ring is 2. The molecule has 0 radical (unpaired) electrons. The highest BCUT2D eigenvalue weighted by Gasteiger charge is 2.12. The number of anilines is 2. The molecule has 0 saturated carbocycles. The molecule has 0 aliphatic carbocycles. The lowest BCUT2D eigenvalue weighted by Crippen LogP contribution is -2.04. The first-order valence-corrected chi connectivity index (χ1v) is 5.29. The summed E-state index contributed by atoms with van der Waals surface area (Å²) in [7, 11) is 0. The van der Waals surface area contributed by atoms with Gasteiger partial charge in [-0.2, -0.15) is 0 Å². The Hall–Kier alpha value is -1.81. The third kappa shape index (κ3) is 1.85. The Morgan fingerprint density at radius 3 is 2.60 bits per heavy atom. The highest BCUT2D eigenvalue weighted by Crippen LogP contribution is 2.21. The quantitative estimate of drug-likeness (QED) is 0.599. The molecule has 3 nitrogen and oxygen atoms in total. The van der Waals surface area contributed by atoms with E-state index >= 15 is 0 Å². The Kier molecular flexibility index (Phi) is 2.43. The molecule has 0 unspecified atom stereocenters. The van der Waals surface area contributed by atoms with Gasteiger partial charge in [-0.05, 0) is 29.6 Å². The summed E-state index contributed by atoms with van der Waals surface area (Å²) >= 11 is 1.40. The molecule has 76 valence electrons. The van der Waals surface area contributed by atoms with Crippen LogP contribution in [0.25, 0.3) is 0 Å². The third-order valence-corrected chi connectivity index (χ3v) is 2.93. The molecular formula is C11H10N2OS. The van der Waals surface area contributed by atoms with Gasteiger partial charge in [-0.25, -0.2) is 0 Å². The normalized spacial score (nSPS) is 10.1. The van der Waals surface area contributed by atoms with Crippen molar-refractivity contribution in [3.05, 3.63) is 46.2 Å². The van der Waals surface area contributed by atoms with Crippen molar-refractivity contribution in [2.45, 2.75) is 0 Å². The minimum absolute atomic E-state index is 0.0532. The second kappa shape index (κ2) is 3.74. The van der Waals surface area contributed by atoms with E-state index in [2.05, 4.69) is 0 Å². The topological polar surface area (TPSA) is 69.1 Å². The second-order valence-electron chi connectivity index (χ2n) is 3.15. The van der Waals surface area contributed by atoms with Crippen molar-refractivity contribution >= 4 is 28.5 Å². The molecule has 0 atom stereocenters. The Morgan fingerprint density at radius 2 is 2.00 bits per heavy atom. The van der Waals surface area contributed by atoms with E-state index in [-0.39, 0.29) is 5.78 Å². The van der Waals surface area contributed by atoms with Gasteiger partial charge in [0, 0.05) is 16.9 Å². The van der Waals surface area contributed by atoms with E-state index < -0.39 is 0 Å². The minimum atomic E-state index is -0.0532. The highest BCUT2D eigenvalue weighted by atomic mass is 32.1. The first-order chi connectivity index (χ1) is 7.18. The maximum absolute atomic E-state index is 11.9. The molecule has 0 fully saturated rings. The minimum Gasteiger partial charge on any atom is -0.399 e. The van der Waals surface area contributed by atoms with Crippen LogP contribution in [0.4, 0.5) is 11.4 Å². The van der Waals surface area contributed by atoms with Crippen LogP contribution in [-0.4, -0.2) is 5.78 Å². The molecule has 2 aromatic rings. The van der Waals surface area contributed by atoms with E-state index in [4.69, 9.17) is 11.5 Å². The number of hydrogen-bond donors (Lipinski definition) is 2. The highest BCUT2D eigenvalue weighted by molar-refractivity contribution is 7.12. The number of benzene rings is 1. The van der Waals surface area contributed by atoms with E-state index in [1.165, 1.54) is 11.3 Å². The number of thiophene rings is 1. The van der Waals surface area contributed by atoms with Crippen molar-refractivity contribution in [2.75, 3.05) is 11.5 Å². The predicted molar refractivity (Wildman–Crippen MR) is 63.0 cm³/mol. The van der Waals surface area contributed by atoms with E-state index in [9.17, 15) is 4.79 Å². The largest absolute Gasteiger partial charge is 0.399 e. The van der Waals surface area contributed by atoms with Crippen LogP contribution in [0.2, 0.25) is 0 Å². The summed E-state index contributed by atoms with van der Waals surface area (Å²) in [5.74, 6) is -0.0532. The number of hydrogen-bond acceptors (Lipinski definition) is 4. The van der Waals surface area contributed by atoms with Gasteiger partial charge in [0.15, 0.2) is 0 Å². The molecule has 1 aromatic heterocycles. The predicted octanol–water partition coefficient (Wildman–Crippen LogP) is 2.14. The van der Waals surface area contributed by atoms with E-state index in [1.807, 2.05) is 11.4 Å². The zero-order chi connectivity index (χ0) is 10.8. The third-order valence-electron chi connectivity index (χ3n) is 2.07. The van der Waals surface area contributed by atoms with Crippen LogP contribution >= 0.6 is 11.3 Å². The summed E-state index contributed by atoms with van der Waals surface area (Å²) in [4.78, 5) is 12.6. The molecule has 1 aromatic carbocycles. The lowest BCUT2D eigenvalue weighted by atomic mass is 10.1. The molecule has 4 heteroatoms. The van der Waals surface area contributed by atoms with Gasteiger partial charge in [-0.1, -0.05) is 6.07 Å². The van der Waals surface area contributed by atoms with Crippen LogP contribution in [0.1, 0.15) is 15.2 Å². The molecule has 0 amide bonds. The molecule has 1 heterocycles. The maximum Gasteiger partial charge on any atom is 0.205 e. The van der Waals surface area contributed by atoms with Gasteiger partial charge >= 0.3 is 0 Å². The van der Waals surface area contributed by atoms with Gasteiger partial charge in [0.05, 0.1) is 4.88 Å². The van der Waals surface area contributed by atoms with Crippen molar-refractivity contribution in [1.82, 2.24) is 0 Å². The number of rotatable bonds is 2. The first kappa shape index (κ1) is 9.73. The lowest BCUT2D eigenvalue weighted by Gasteiger charge is -2.03. The smallest absolute Gasteiger partial charge is 0.205 e. The fraction of sp³-hybridized carbons (Fsp3) is 0. The van der Waals surface area contributed by atoms with Gasteiger partial charge in [-0.15, -0.1) is 11.3 Å². The first-order valence-electron chi connectivity index (χ1n) is 4.41. The summed E-state index contributed by atoms with van der Waals surface area (Å²) in [6.07, 6.45) is 0. The Labute approximate surface area is 91.3 Å². The molecule has 0 bridgehead atoms. The van der Waals surface area contributed by atoms with Crippen molar-refractivity contribution in [1.29, 1.82) is 0 Å². The number of carbonyl (C=O) groups is 1. The average Bonchev–Trinajstić information content (AvgIpc) is 2.69. The Bertz CT molecular complexity index is 491. The van der Waals surface area contributed by atoms with Crippen LogP contribution in [0.3, 0.4) is 0 Å². The van der Waals surface area contributed by atoms with Crippen LogP contribution in [0.5, 0.6) is 0 Å². The number of nitrogens with two attached hydrogens (primary N) is 2. The molecule has 0 aliphatic rings. The van der Waals surface area contributed by atoms with Crippen molar-refractivity contribution in [3.8, 4) is 0 Å². The monoisotopic (exact) mass is 218 g/mol. The van der Waals surface area contributed by atoms with Crippen molar-refractivity contribution in [3.63, 3.8) is 0 Å². The van der Waals surface area contributed by atoms with Gasteiger partial charge in [0.25, 0.3) is 0 Å². The number of carbonyl (C=O) groups excluding carboxylic acids is 1. The molecular weight excluding hydrogens is 208 g/mol. The number of ketones is 1. The molecule has 0 saturated heterocycles. The molecule has 0 spiro atoms. The summed E-state index contributed by atoms with van der Waals surface area (Å²) in [6.45, 7) is 0. The van der Waals surface area contributed by atoms with Crippen LogP contribution < -0.4 is 11.5 Å². The Morgan fingerprint density at radius 1 is 1.20 bits per heavy atom. The lowest BCUT2D eigenvalue weighted by molar-refractivity contribution is 0.104. The van der Waals surface area contributed by atoms with Crippen LogP contribution in [-0.2, 0) is 0 Å². The SMILES string of the molecule is Nc1ccc(C(=O)c2cccs2)c(N)c1. The van der Waals surface area contributed by atoms with Gasteiger partial charge < -0.3 is 11.5 Å². The second-order valence-corrected chi connectivity index (χ2v) is 4.10. The fourth-order valence-corrected chi connectivity index (χ4v) is 2.01. The van der Waals surface area contributed by atoms with Gasteiger partial charge in [-0.3, -0.25) is 4.79 Å². The van der Waals surface area contributed by atoms with E-state index in [1.54, 1.807) is 24.3 Å². The van der Waals surface area contributed by atoms with E-state index in [0.29, 0.717) is 21.8 Å². The van der Waals surface area contributed by atoms with Crippen LogP contribution in [0, 0.1) is 0 Å². The zero-order valence-electron chi connectivity index (χ0n) is 7.94. The molecule has 15 heavy (non-hydrogen) atoms. The summed E-state index contributed by atoms with van der Waals surface area (Å²) in [5, 5.41) is 1.86. The summed E-state index contributed by atoms with van der Waals surface area (Å²) in [5.41, 5.74) is 12.8. The molecule has 0 aliphatic heterocycles. The standard InChI is InChI=1S/C11H10N2OS/c12-7-3-4-8(9(13)6-7)11(14)10-2-1-5-15-10/h1-6H,12-13H2. The van der Waals surface area contributed by atoms with E-state index in [0.717, 1.165) is 0 Å².